The summed E-state index contributed by atoms with van der Waals surface area (Å²) >= 11 is 0. The largest absolute Gasteiger partial charge is 0.370 e. The Labute approximate surface area is 131 Å². The molecule has 22 heavy (non-hydrogen) atoms. The quantitative estimate of drug-likeness (QED) is 0.893. The van der Waals surface area contributed by atoms with Crippen molar-refractivity contribution in [3.63, 3.8) is 0 Å². The minimum Gasteiger partial charge on any atom is -0.370 e. The van der Waals surface area contributed by atoms with Gasteiger partial charge < -0.3 is 10.2 Å². The number of sulfone groups is 1. The fraction of sp³-hybridized carbons (Fsp3) is 0.600. The Hall–Kier alpha value is -1.63. The number of aromatic nitrogens is 1. The predicted octanol–water partition coefficient (Wildman–Crippen LogP) is 1.83. The van der Waals surface area contributed by atoms with Gasteiger partial charge in [0, 0.05) is 13.1 Å². The Kier molecular flexibility index (Phi) is 5.39. The van der Waals surface area contributed by atoms with E-state index in [9.17, 15) is 13.2 Å². The molecule has 0 saturated carbocycles. The molecule has 1 aromatic rings. The normalized spacial score (nSPS) is 15.9. The molecule has 1 saturated heterocycles. The van der Waals surface area contributed by atoms with Gasteiger partial charge in [0.2, 0.25) is 5.91 Å². The van der Waals surface area contributed by atoms with Gasteiger partial charge in [-0.15, -0.1) is 0 Å². The van der Waals surface area contributed by atoms with E-state index in [0.29, 0.717) is 5.82 Å². The third-order valence-electron chi connectivity index (χ3n) is 3.79. The SMILES string of the molecule is CC(C)S(=O)(=O)CC(=O)Nc1ccc(N2CCCCC2)cn1. The van der Waals surface area contributed by atoms with E-state index in [2.05, 4.69) is 15.2 Å². The van der Waals surface area contributed by atoms with Crippen LogP contribution in [0.5, 0.6) is 0 Å². The van der Waals surface area contributed by atoms with Crippen LogP contribution in [0.2, 0.25) is 0 Å². The molecule has 0 atom stereocenters. The second-order valence-electron chi connectivity index (χ2n) is 5.85. The van der Waals surface area contributed by atoms with Crippen LogP contribution in [0.15, 0.2) is 18.3 Å². The monoisotopic (exact) mass is 325 g/mol. The highest BCUT2D eigenvalue weighted by Crippen LogP contribution is 2.19. The minimum absolute atomic E-state index is 0.379. The molecule has 0 bridgehead atoms. The molecule has 0 unspecified atom stereocenters. The average molecular weight is 325 g/mol. The third-order valence-corrected chi connectivity index (χ3v) is 5.89. The maximum Gasteiger partial charge on any atom is 0.240 e. The summed E-state index contributed by atoms with van der Waals surface area (Å²) in [7, 11) is -3.39. The Morgan fingerprint density at radius 2 is 1.95 bits per heavy atom. The summed E-state index contributed by atoms with van der Waals surface area (Å²) in [5.41, 5.74) is 1.03. The molecule has 0 aromatic carbocycles. The lowest BCUT2D eigenvalue weighted by Gasteiger charge is -2.28. The molecular formula is C15H23N3O3S. The second-order valence-corrected chi connectivity index (χ2v) is 8.41. The average Bonchev–Trinajstić information content (AvgIpc) is 2.48. The molecule has 1 fully saturated rings. The predicted molar refractivity (Wildman–Crippen MR) is 87.9 cm³/mol. The number of piperidine rings is 1. The Morgan fingerprint density at radius 1 is 1.27 bits per heavy atom. The minimum atomic E-state index is -3.39. The number of pyridine rings is 1. The van der Waals surface area contributed by atoms with Crippen molar-refractivity contribution < 1.29 is 13.2 Å². The maximum atomic E-state index is 11.8. The van der Waals surface area contributed by atoms with Crippen molar-refractivity contribution >= 4 is 27.2 Å². The number of rotatable bonds is 5. The van der Waals surface area contributed by atoms with Crippen LogP contribution in [0.4, 0.5) is 11.5 Å². The van der Waals surface area contributed by atoms with Gasteiger partial charge >= 0.3 is 0 Å². The van der Waals surface area contributed by atoms with Crippen molar-refractivity contribution in [2.75, 3.05) is 29.1 Å². The van der Waals surface area contributed by atoms with Crippen molar-refractivity contribution in [3.05, 3.63) is 18.3 Å². The Morgan fingerprint density at radius 3 is 2.50 bits per heavy atom. The lowest BCUT2D eigenvalue weighted by molar-refractivity contribution is -0.113. The number of amides is 1. The molecular weight excluding hydrogens is 302 g/mol. The van der Waals surface area contributed by atoms with Crippen LogP contribution in [0, 0.1) is 0 Å². The van der Waals surface area contributed by atoms with Crippen molar-refractivity contribution in [2.45, 2.75) is 38.4 Å². The smallest absolute Gasteiger partial charge is 0.240 e. The topological polar surface area (TPSA) is 79.4 Å². The molecule has 0 radical (unpaired) electrons. The lowest BCUT2D eigenvalue weighted by Crippen LogP contribution is -2.29. The van der Waals surface area contributed by atoms with Gasteiger partial charge in [0.15, 0.2) is 9.84 Å². The van der Waals surface area contributed by atoms with Crippen LogP contribution in [-0.2, 0) is 14.6 Å². The summed E-state index contributed by atoms with van der Waals surface area (Å²) in [6.07, 6.45) is 5.36. The molecule has 6 nitrogen and oxygen atoms in total. The molecule has 0 aliphatic carbocycles. The van der Waals surface area contributed by atoms with Gasteiger partial charge in [-0.3, -0.25) is 4.79 Å². The third kappa shape index (κ3) is 4.43. The van der Waals surface area contributed by atoms with Crippen LogP contribution in [-0.4, -0.2) is 43.4 Å². The Bertz CT molecular complexity index is 605. The number of nitrogens with one attached hydrogen (secondary N) is 1. The highest BCUT2D eigenvalue weighted by atomic mass is 32.2. The fourth-order valence-electron chi connectivity index (χ4n) is 2.33. The van der Waals surface area contributed by atoms with E-state index in [1.165, 1.54) is 19.3 Å². The van der Waals surface area contributed by atoms with E-state index in [0.717, 1.165) is 18.8 Å². The highest BCUT2D eigenvalue weighted by Gasteiger charge is 2.21. The summed E-state index contributed by atoms with van der Waals surface area (Å²) in [4.78, 5) is 18.2. The number of hydrogen-bond acceptors (Lipinski definition) is 5. The summed E-state index contributed by atoms with van der Waals surface area (Å²) in [6.45, 7) is 5.18. The maximum absolute atomic E-state index is 11.8. The summed E-state index contributed by atoms with van der Waals surface area (Å²) in [5, 5.41) is 1.97. The molecule has 1 aliphatic rings. The first-order chi connectivity index (χ1) is 10.4. The zero-order chi connectivity index (χ0) is 16.2. The standard InChI is InChI=1S/C15H23N3O3S/c1-12(2)22(20,21)11-15(19)17-14-7-6-13(10-16-14)18-8-4-3-5-9-18/h6-7,10,12H,3-5,8-9,11H2,1-2H3,(H,16,17,19). The zero-order valence-electron chi connectivity index (χ0n) is 13.1. The van der Waals surface area contributed by atoms with Gasteiger partial charge in [-0.2, -0.15) is 0 Å². The molecule has 1 N–H and O–H groups in total. The molecule has 1 aromatic heterocycles. The Balaban J connectivity index is 1.95. The molecule has 122 valence electrons. The molecule has 1 aliphatic heterocycles. The van der Waals surface area contributed by atoms with E-state index >= 15 is 0 Å². The zero-order valence-corrected chi connectivity index (χ0v) is 13.9. The van der Waals surface area contributed by atoms with Crippen LogP contribution < -0.4 is 10.2 Å². The van der Waals surface area contributed by atoms with Gasteiger partial charge in [0.05, 0.1) is 17.1 Å². The fourth-order valence-corrected chi connectivity index (χ4v) is 3.10. The van der Waals surface area contributed by atoms with E-state index in [1.54, 1.807) is 26.1 Å². The highest BCUT2D eigenvalue weighted by molar-refractivity contribution is 7.92. The first-order valence-corrected chi connectivity index (χ1v) is 9.32. The number of anilines is 2. The van der Waals surface area contributed by atoms with Gasteiger partial charge in [0.25, 0.3) is 0 Å². The van der Waals surface area contributed by atoms with E-state index in [-0.39, 0.29) is 0 Å². The molecule has 0 spiro atoms. The van der Waals surface area contributed by atoms with Crippen LogP contribution >= 0.6 is 0 Å². The molecule has 2 rings (SSSR count). The van der Waals surface area contributed by atoms with Crippen molar-refractivity contribution in [1.29, 1.82) is 0 Å². The van der Waals surface area contributed by atoms with Crippen LogP contribution in [0.3, 0.4) is 0 Å². The molecule has 7 heteroatoms. The van der Waals surface area contributed by atoms with Crippen LogP contribution in [0.25, 0.3) is 0 Å². The van der Waals surface area contributed by atoms with Crippen LogP contribution in [0.1, 0.15) is 33.1 Å². The van der Waals surface area contributed by atoms with Gasteiger partial charge in [-0.1, -0.05) is 0 Å². The number of carbonyl (C=O) groups excluding carboxylic acids is 1. The number of hydrogen-bond donors (Lipinski definition) is 1. The molecule has 1 amide bonds. The van der Waals surface area contributed by atoms with Crippen molar-refractivity contribution in [2.24, 2.45) is 0 Å². The number of nitrogens with zero attached hydrogens (tertiary/aromatic N) is 2. The molecule has 2 heterocycles. The number of carbonyl (C=O) groups is 1. The van der Waals surface area contributed by atoms with Crippen molar-refractivity contribution in [3.8, 4) is 0 Å². The first kappa shape index (κ1) is 16.7. The van der Waals surface area contributed by atoms with E-state index in [4.69, 9.17) is 0 Å². The van der Waals surface area contributed by atoms with E-state index in [1.807, 2.05) is 6.07 Å². The van der Waals surface area contributed by atoms with Crippen molar-refractivity contribution in [1.82, 2.24) is 4.98 Å². The van der Waals surface area contributed by atoms with E-state index < -0.39 is 26.7 Å². The summed E-state index contributed by atoms with van der Waals surface area (Å²) in [6, 6.07) is 3.62. The van der Waals surface area contributed by atoms with Gasteiger partial charge in [0.1, 0.15) is 11.6 Å². The van der Waals surface area contributed by atoms with Gasteiger partial charge in [-0.25, -0.2) is 13.4 Å². The summed E-state index contributed by atoms with van der Waals surface area (Å²) < 4.78 is 23.4. The second kappa shape index (κ2) is 7.09. The lowest BCUT2D eigenvalue weighted by atomic mass is 10.1. The van der Waals surface area contributed by atoms with Gasteiger partial charge in [-0.05, 0) is 45.2 Å². The summed E-state index contributed by atoms with van der Waals surface area (Å²) in [5.74, 6) is -0.683. The first-order valence-electron chi connectivity index (χ1n) is 7.61.